The summed E-state index contributed by atoms with van der Waals surface area (Å²) in [4.78, 5) is 0. The number of halogens is 1. The molecule has 0 spiro atoms. The molecule has 1 aromatic carbocycles. The summed E-state index contributed by atoms with van der Waals surface area (Å²) < 4.78 is 1.15. The average Bonchev–Trinajstić information content (AvgIpc) is 2.39. The van der Waals surface area contributed by atoms with Gasteiger partial charge in [-0.3, -0.25) is 0 Å². The van der Waals surface area contributed by atoms with Crippen LogP contribution < -0.4 is 0 Å². The zero-order valence-corrected chi connectivity index (χ0v) is 12.9. The number of benzene rings is 1. The molecule has 1 aromatic rings. The number of hydrogen-bond acceptors (Lipinski definition) is 0. The third-order valence-corrected chi connectivity index (χ3v) is 3.49. The predicted molar refractivity (Wildman–Crippen MR) is 83.6 cm³/mol. The van der Waals surface area contributed by atoms with Crippen LogP contribution in [-0.4, -0.2) is 0 Å². The first-order valence-electron chi connectivity index (χ1n) is 7.03. The van der Waals surface area contributed by atoms with E-state index in [0.29, 0.717) is 0 Å². The van der Waals surface area contributed by atoms with E-state index in [1.165, 1.54) is 37.7 Å². The molecule has 0 unspecified atom stereocenters. The van der Waals surface area contributed by atoms with Crippen molar-refractivity contribution in [1.82, 2.24) is 0 Å². The van der Waals surface area contributed by atoms with Gasteiger partial charge in [-0.2, -0.15) is 0 Å². The van der Waals surface area contributed by atoms with Gasteiger partial charge in [0, 0.05) is 17.3 Å². The van der Waals surface area contributed by atoms with Crippen LogP contribution in [0.1, 0.15) is 57.4 Å². The largest absolute Gasteiger partial charge is 0.103 e. The average molecular weight is 307 g/mol. The molecule has 18 heavy (non-hydrogen) atoms. The van der Waals surface area contributed by atoms with E-state index in [1.807, 2.05) is 0 Å². The molecule has 0 heterocycles. The molecule has 0 nitrogen and oxygen atoms in total. The molecule has 0 saturated carbocycles. The van der Waals surface area contributed by atoms with E-state index in [9.17, 15) is 0 Å². The predicted octanol–water partition coefficient (Wildman–Crippen LogP) is 5.75. The monoisotopic (exact) mass is 306 g/mol. The zero-order valence-electron chi connectivity index (χ0n) is 11.3. The maximum Gasteiger partial charge on any atom is 0.0175 e. The zero-order chi connectivity index (χ0) is 13.1. The molecule has 0 fully saturated rings. The highest BCUT2D eigenvalue weighted by Gasteiger charge is 1.92. The van der Waals surface area contributed by atoms with Gasteiger partial charge >= 0.3 is 0 Å². The molecular formula is C17H23Br. The lowest BCUT2D eigenvalue weighted by Gasteiger charge is -1.98. The number of aryl methyl sites for hydroxylation is 1. The van der Waals surface area contributed by atoms with Gasteiger partial charge in [-0.25, -0.2) is 0 Å². The van der Waals surface area contributed by atoms with E-state index in [-0.39, 0.29) is 0 Å². The summed E-state index contributed by atoms with van der Waals surface area (Å²) >= 11 is 3.45. The minimum Gasteiger partial charge on any atom is -0.103 e. The molecule has 0 aliphatic rings. The fraction of sp³-hybridized carbons (Fsp3) is 0.529. The number of rotatable bonds is 7. The molecule has 0 aromatic heterocycles. The Balaban J connectivity index is 2.04. The molecule has 0 aliphatic heterocycles. The van der Waals surface area contributed by atoms with Crippen LogP contribution in [-0.2, 0) is 6.42 Å². The Kier molecular flexibility index (Phi) is 8.69. The van der Waals surface area contributed by atoms with Crippen molar-refractivity contribution < 1.29 is 0 Å². The molecule has 98 valence electrons. The minimum absolute atomic E-state index is 1.03. The maximum absolute atomic E-state index is 3.45. The topological polar surface area (TPSA) is 0 Å². The van der Waals surface area contributed by atoms with E-state index in [2.05, 4.69) is 59.0 Å². The smallest absolute Gasteiger partial charge is 0.0175 e. The molecule has 1 heteroatoms. The number of hydrogen-bond donors (Lipinski definition) is 0. The molecule has 1 rings (SSSR count). The van der Waals surface area contributed by atoms with Crippen molar-refractivity contribution in [3.63, 3.8) is 0 Å². The summed E-state index contributed by atoms with van der Waals surface area (Å²) in [5.41, 5.74) is 1.41. The molecule has 0 atom stereocenters. The van der Waals surface area contributed by atoms with Gasteiger partial charge in [-0.1, -0.05) is 54.2 Å². The lowest BCUT2D eigenvalue weighted by Crippen LogP contribution is -1.83. The summed E-state index contributed by atoms with van der Waals surface area (Å²) in [6.45, 7) is 2.24. The Bertz CT molecular complexity index is 367. The molecular weight excluding hydrogens is 284 g/mol. The van der Waals surface area contributed by atoms with Gasteiger partial charge in [-0.05, 0) is 37.0 Å². The third-order valence-electron chi connectivity index (χ3n) is 2.96. The summed E-state index contributed by atoms with van der Waals surface area (Å²) in [6.07, 6.45) is 9.69. The molecule has 0 bridgehead atoms. The Labute approximate surface area is 120 Å². The normalized spacial score (nSPS) is 9.89. The minimum atomic E-state index is 1.03. The van der Waals surface area contributed by atoms with E-state index in [1.54, 1.807) is 0 Å². The van der Waals surface area contributed by atoms with Crippen LogP contribution in [0.5, 0.6) is 0 Å². The molecule has 0 amide bonds. The van der Waals surface area contributed by atoms with Crippen LogP contribution in [0.2, 0.25) is 0 Å². The first-order chi connectivity index (χ1) is 8.83. The first kappa shape index (κ1) is 15.3. The highest BCUT2D eigenvalue weighted by atomic mass is 79.9. The first-order valence-corrected chi connectivity index (χ1v) is 7.82. The van der Waals surface area contributed by atoms with E-state index < -0.39 is 0 Å². The van der Waals surface area contributed by atoms with Crippen LogP contribution >= 0.6 is 15.9 Å². The van der Waals surface area contributed by atoms with Crippen molar-refractivity contribution in [2.24, 2.45) is 0 Å². The third kappa shape index (κ3) is 7.56. The van der Waals surface area contributed by atoms with Crippen LogP contribution in [0.15, 0.2) is 28.7 Å². The van der Waals surface area contributed by atoms with Crippen LogP contribution in [0.25, 0.3) is 0 Å². The maximum atomic E-state index is 3.45. The Morgan fingerprint density at radius 1 is 0.889 bits per heavy atom. The number of unbranched alkanes of at least 4 members (excludes halogenated alkanes) is 5. The second-order valence-corrected chi connectivity index (χ2v) is 5.56. The second-order valence-electron chi connectivity index (χ2n) is 4.64. The Morgan fingerprint density at radius 2 is 1.56 bits per heavy atom. The summed E-state index contributed by atoms with van der Waals surface area (Å²) in [6, 6.07) is 8.58. The van der Waals surface area contributed by atoms with Crippen molar-refractivity contribution in [3.8, 4) is 11.8 Å². The molecule has 0 saturated heterocycles. The Hall–Kier alpha value is -0.740. The van der Waals surface area contributed by atoms with Gasteiger partial charge < -0.3 is 0 Å². The van der Waals surface area contributed by atoms with Crippen LogP contribution in [0, 0.1) is 11.8 Å². The van der Waals surface area contributed by atoms with E-state index in [0.717, 1.165) is 23.7 Å². The molecule has 0 radical (unpaired) electrons. The van der Waals surface area contributed by atoms with Gasteiger partial charge in [0.1, 0.15) is 0 Å². The van der Waals surface area contributed by atoms with Gasteiger partial charge in [0.15, 0.2) is 0 Å². The fourth-order valence-corrected chi connectivity index (χ4v) is 2.11. The lowest BCUT2D eigenvalue weighted by molar-refractivity contribution is 0.679. The van der Waals surface area contributed by atoms with Crippen molar-refractivity contribution >= 4 is 15.9 Å². The SMILES string of the molecule is CCCCCCC#CCCCc1ccc(Br)cc1. The van der Waals surface area contributed by atoms with E-state index >= 15 is 0 Å². The van der Waals surface area contributed by atoms with Gasteiger partial charge in [-0.15, -0.1) is 11.8 Å². The summed E-state index contributed by atoms with van der Waals surface area (Å²) in [7, 11) is 0. The van der Waals surface area contributed by atoms with Crippen molar-refractivity contribution in [2.45, 2.75) is 58.3 Å². The van der Waals surface area contributed by atoms with Gasteiger partial charge in [0.2, 0.25) is 0 Å². The van der Waals surface area contributed by atoms with Gasteiger partial charge in [0.25, 0.3) is 0 Å². The fourth-order valence-electron chi connectivity index (χ4n) is 1.85. The summed E-state index contributed by atoms with van der Waals surface area (Å²) in [5, 5.41) is 0. The lowest BCUT2D eigenvalue weighted by atomic mass is 10.1. The second kappa shape index (κ2) is 10.2. The van der Waals surface area contributed by atoms with Crippen LogP contribution in [0.3, 0.4) is 0 Å². The standard InChI is InChI=1S/C17H23Br/c1-2-3-4-5-6-7-8-9-10-11-16-12-14-17(18)15-13-16/h12-15H,2-6,9-11H2,1H3. The van der Waals surface area contributed by atoms with Crippen molar-refractivity contribution in [1.29, 1.82) is 0 Å². The van der Waals surface area contributed by atoms with Crippen LogP contribution in [0.4, 0.5) is 0 Å². The molecule has 0 N–H and O–H groups in total. The molecule has 0 aliphatic carbocycles. The quantitative estimate of drug-likeness (QED) is 0.445. The Morgan fingerprint density at radius 3 is 2.22 bits per heavy atom. The van der Waals surface area contributed by atoms with Crippen molar-refractivity contribution in [3.05, 3.63) is 34.3 Å². The highest BCUT2D eigenvalue weighted by Crippen LogP contribution is 2.12. The summed E-state index contributed by atoms with van der Waals surface area (Å²) in [5.74, 6) is 6.57. The van der Waals surface area contributed by atoms with Gasteiger partial charge in [0.05, 0.1) is 0 Å². The van der Waals surface area contributed by atoms with Crippen molar-refractivity contribution in [2.75, 3.05) is 0 Å². The van der Waals surface area contributed by atoms with E-state index in [4.69, 9.17) is 0 Å². The highest BCUT2D eigenvalue weighted by molar-refractivity contribution is 9.10.